The molecule has 0 spiro atoms. The standard InChI is InChI=1S/C27H44N4O6S/c1-9-17(4)22(29-26(36)27(6)12-10-11-13-30(27)7)24(33)31(8)20(16(2)3)14-21(37-18(5)32)23-28-19(15-38-23)25(34)35/h15-17,20-22H,9-14H2,1-8H3,(H,29,36)(H,34,35)/t17-,20+,21+,22-,27-/m0/s1. The molecular weight excluding hydrogens is 508 g/mol. The largest absolute Gasteiger partial charge is 0.476 e. The number of likely N-dealkylation sites (N-methyl/N-ethyl adjacent to an activating group) is 2. The maximum atomic E-state index is 13.9. The molecule has 5 atom stereocenters. The molecule has 0 aliphatic carbocycles. The Morgan fingerprint density at radius 3 is 2.42 bits per heavy atom. The zero-order valence-corrected chi connectivity index (χ0v) is 24.8. The predicted molar refractivity (Wildman–Crippen MR) is 146 cm³/mol. The van der Waals surface area contributed by atoms with Gasteiger partial charge in [-0.3, -0.25) is 19.3 Å². The van der Waals surface area contributed by atoms with Crippen LogP contribution in [0.3, 0.4) is 0 Å². The van der Waals surface area contributed by atoms with E-state index in [4.69, 9.17) is 4.74 Å². The number of carbonyl (C=O) groups is 4. The van der Waals surface area contributed by atoms with E-state index in [-0.39, 0.29) is 41.8 Å². The Hall–Kier alpha value is -2.53. The maximum Gasteiger partial charge on any atom is 0.355 e. The van der Waals surface area contributed by atoms with E-state index < -0.39 is 29.6 Å². The molecule has 0 bridgehead atoms. The van der Waals surface area contributed by atoms with Gasteiger partial charge in [-0.05, 0) is 51.6 Å². The summed E-state index contributed by atoms with van der Waals surface area (Å²) in [4.78, 5) is 58.5. The number of rotatable bonds is 12. The van der Waals surface area contributed by atoms with Gasteiger partial charge in [-0.25, -0.2) is 9.78 Å². The van der Waals surface area contributed by atoms with Crippen molar-refractivity contribution in [3.8, 4) is 0 Å². The summed E-state index contributed by atoms with van der Waals surface area (Å²) in [5.74, 6) is -2.15. The molecule has 0 unspecified atom stereocenters. The molecule has 2 rings (SSSR count). The highest BCUT2D eigenvalue weighted by Crippen LogP contribution is 2.31. The fourth-order valence-electron chi connectivity index (χ4n) is 4.94. The van der Waals surface area contributed by atoms with Crippen molar-refractivity contribution in [2.45, 2.75) is 97.4 Å². The number of carbonyl (C=O) groups excluding carboxylic acids is 3. The Labute approximate surface area is 230 Å². The van der Waals surface area contributed by atoms with E-state index >= 15 is 0 Å². The number of aromatic carboxylic acids is 1. The Morgan fingerprint density at radius 1 is 1.26 bits per heavy atom. The van der Waals surface area contributed by atoms with E-state index in [9.17, 15) is 24.3 Å². The summed E-state index contributed by atoms with van der Waals surface area (Å²) in [6.45, 7) is 11.9. The van der Waals surface area contributed by atoms with Crippen LogP contribution in [0.25, 0.3) is 0 Å². The van der Waals surface area contributed by atoms with Crippen LogP contribution in [0.4, 0.5) is 0 Å². The number of nitrogens with zero attached hydrogens (tertiary/aromatic N) is 3. The molecule has 1 fully saturated rings. The molecule has 1 aromatic heterocycles. The monoisotopic (exact) mass is 552 g/mol. The number of carboxylic acid groups (broad SMARTS) is 1. The summed E-state index contributed by atoms with van der Waals surface area (Å²) >= 11 is 1.11. The van der Waals surface area contributed by atoms with Crippen molar-refractivity contribution in [1.29, 1.82) is 0 Å². The first-order valence-corrected chi connectivity index (χ1v) is 14.3. The molecule has 214 valence electrons. The number of ether oxygens (including phenoxy) is 1. The van der Waals surface area contributed by atoms with Gasteiger partial charge in [0, 0.05) is 31.8 Å². The Kier molecular flexibility index (Phi) is 11.3. The van der Waals surface area contributed by atoms with Gasteiger partial charge >= 0.3 is 11.9 Å². The van der Waals surface area contributed by atoms with Crippen LogP contribution in [0.2, 0.25) is 0 Å². The van der Waals surface area contributed by atoms with Crippen molar-refractivity contribution < 1.29 is 29.0 Å². The number of likely N-dealkylation sites (tertiary alicyclic amines) is 1. The first-order chi connectivity index (χ1) is 17.7. The molecule has 0 radical (unpaired) electrons. The molecule has 2 amide bonds. The third-order valence-corrected chi connectivity index (χ3v) is 8.84. The van der Waals surface area contributed by atoms with Crippen LogP contribution < -0.4 is 5.32 Å². The highest BCUT2D eigenvalue weighted by atomic mass is 32.1. The highest BCUT2D eigenvalue weighted by molar-refractivity contribution is 7.09. The van der Waals surface area contributed by atoms with E-state index in [1.165, 1.54) is 12.3 Å². The van der Waals surface area contributed by atoms with Gasteiger partial charge in [-0.1, -0.05) is 34.1 Å². The molecule has 1 aromatic rings. The van der Waals surface area contributed by atoms with E-state index in [2.05, 4.69) is 15.2 Å². The van der Waals surface area contributed by atoms with E-state index in [0.717, 1.165) is 37.1 Å². The fourth-order valence-corrected chi connectivity index (χ4v) is 5.77. The molecule has 1 saturated heterocycles. The van der Waals surface area contributed by atoms with E-state index in [1.54, 1.807) is 11.9 Å². The van der Waals surface area contributed by atoms with Crippen LogP contribution in [-0.4, -0.2) is 81.9 Å². The average molecular weight is 553 g/mol. The zero-order chi connectivity index (χ0) is 28.8. The van der Waals surface area contributed by atoms with Gasteiger partial charge in [-0.2, -0.15) is 0 Å². The molecule has 0 saturated carbocycles. The normalized spacial score (nSPS) is 21.3. The number of aromatic nitrogens is 1. The number of hydrogen-bond donors (Lipinski definition) is 2. The number of carboxylic acids is 1. The van der Waals surface area contributed by atoms with Crippen LogP contribution in [0.1, 0.15) is 95.2 Å². The van der Waals surface area contributed by atoms with Gasteiger partial charge in [0.25, 0.3) is 0 Å². The van der Waals surface area contributed by atoms with Crippen LogP contribution in [0.15, 0.2) is 5.38 Å². The van der Waals surface area contributed by atoms with Crippen molar-refractivity contribution in [3.05, 3.63) is 16.1 Å². The number of hydrogen-bond acceptors (Lipinski definition) is 8. The second-order valence-electron chi connectivity index (χ2n) is 11.0. The van der Waals surface area contributed by atoms with Crippen LogP contribution in [0.5, 0.6) is 0 Å². The SMILES string of the molecule is CC[C@H](C)[C@H](NC(=O)[C@]1(C)CCCCN1C)C(=O)N(C)[C@H](C[C@@H](OC(C)=O)c1nc(C(=O)O)cs1)C(C)C. The minimum Gasteiger partial charge on any atom is -0.476 e. The van der Waals surface area contributed by atoms with Crippen LogP contribution in [-0.2, 0) is 19.1 Å². The lowest BCUT2D eigenvalue weighted by Crippen LogP contribution is -2.62. The number of esters is 1. The van der Waals surface area contributed by atoms with Gasteiger partial charge in [0.05, 0.1) is 5.54 Å². The van der Waals surface area contributed by atoms with Crippen LogP contribution in [0, 0.1) is 11.8 Å². The molecule has 10 nitrogen and oxygen atoms in total. The Balaban J connectivity index is 2.31. The average Bonchev–Trinajstić information content (AvgIpc) is 3.35. The third kappa shape index (κ3) is 7.53. The van der Waals surface area contributed by atoms with Gasteiger partial charge in [0.2, 0.25) is 11.8 Å². The maximum absolute atomic E-state index is 13.9. The summed E-state index contributed by atoms with van der Waals surface area (Å²) in [6, 6.07) is -1.07. The van der Waals surface area contributed by atoms with Gasteiger partial charge < -0.3 is 20.1 Å². The summed E-state index contributed by atoms with van der Waals surface area (Å²) in [5, 5.41) is 14.1. The third-order valence-electron chi connectivity index (χ3n) is 7.90. The molecule has 1 aliphatic heterocycles. The molecule has 2 heterocycles. The summed E-state index contributed by atoms with van der Waals surface area (Å²) < 4.78 is 5.54. The van der Waals surface area contributed by atoms with Gasteiger partial charge in [0.15, 0.2) is 11.8 Å². The van der Waals surface area contributed by atoms with Gasteiger partial charge in [0.1, 0.15) is 11.0 Å². The van der Waals surface area contributed by atoms with E-state index in [1.807, 2.05) is 41.7 Å². The second kappa shape index (κ2) is 13.5. The Bertz CT molecular complexity index is 998. The van der Waals surface area contributed by atoms with Crippen LogP contribution >= 0.6 is 11.3 Å². The quantitative estimate of drug-likeness (QED) is 0.375. The second-order valence-corrected chi connectivity index (χ2v) is 11.8. The molecular formula is C27H44N4O6S. The lowest BCUT2D eigenvalue weighted by molar-refractivity contribution is -0.149. The number of amides is 2. The predicted octanol–water partition coefficient (Wildman–Crippen LogP) is 3.72. The van der Waals surface area contributed by atoms with Crippen molar-refractivity contribution >= 4 is 35.1 Å². The molecule has 0 aromatic carbocycles. The van der Waals surface area contributed by atoms with Crippen molar-refractivity contribution in [3.63, 3.8) is 0 Å². The highest BCUT2D eigenvalue weighted by Gasteiger charge is 2.42. The minimum absolute atomic E-state index is 0.0174. The first-order valence-electron chi connectivity index (χ1n) is 13.4. The summed E-state index contributed by atoms with van der Waals surface area (Å²) in [5.41, 5.74) is -0.790. The Morgan fingerprint density at radius 2 is 1.92 bits per heavy atom. The number of thiazole rings is 1. The summed E-state index contributed by atoms with van der Waals surface area (Å²) in [6.07, 6.45) is 2.88. The lowest BCUT2D eigenvalue weighted by Gasteiger charge is -2.43. The molecule has 1 aliphatic rings. The van der Waals surface area contributed by atoms with Crippen molar-refractivity contribution in [2.24, 2.45) is 11.8 Å². The van der Waals surface area contributed by atoms with E-state index in [0.29, 0.717) is 11.4 Å². The first kappa shape index (κ1) is 31.7. The smallest absolute Gasteiger partial charge is 0.355 e. The lowest BCUT2D eigenvalue weighted by atomic mass is 9.86. The fraction of sp³-hybridized carbons (Fsp3) is 0.741. The van der Waals surface area contributed by atoms with Crippen molar-refractivity contribution in [2.75, 3.05) is 20.6 Å². The minimum atomic E-state index is -1.16. The number of nitrogens with one attached hydrogen (secondary N) is 1. The summed E-state index contributed by atoms with van der Waals surface area (Å²) in [7, 11) is 3.65. The molecule has 2 N–H and O–H groups in total. The number of piperidine rings is 1. The topological polar surface area (TPSA) is 129 Å². The van der Waals surface area contributed by atoms with Gasteiger partial charge in [-0.15, -0.1) is 11.3 Å². The molecule has 38 heavy (non-hydrogen) atoms. The molecule has 11 heteroatoms. The van der Waals surface area contributed by atoms with Crippen molar-refractivity contribution in [1.82, 2.24) is 20.1 Å². The zero-order valence-electron chi connectivity index (χ0n) is 23.9.